The normalized spacial score (nSPS) is 11.4. The van der Waals surface area contributed by atoms with Gasteiger partial charge in [0.25, 0.3) is 6.43 Å². The van der Waals surface area contributed by atoms with Gasteiger partial charge in [-0.1, -0.05) is 0 Å². The third kappa shape index (κ3) is 5.30. The molecule has 0 aliphatic rings. The van der Waals surface area contributed by atoms with Crippen LogP contribution in [0.15, 0.2) is 6.07 Å². The van der Waals surface area contributed by atoms with Crippen molar-refractivity contribution in [2.24, 2.45) is 0 Å². The Morgan fingerprint density at radius 2 is 2.04 bits per heavy atom. The molecule has 0 aliphatic carbocycles. The van der Waals surface area contributed by atoms with E-state index in [0.717, 1.165) is 0 Å². The number of alkyl halides is 5. The van der Waals surface area contributed by atoms with Gasteiger partial charge in [-0.25, -0.2) is 13.8 Å². The van der Waals surface area contributed by atoms with E-state index in [9.17, 15) is 36.9 Å². The van der Waals surface area contributed by atoms with Crippen LogP contribution in [-0.4, -0.2) is 28.8 Å². The maximum Gasteiger partial charge on any atom is 0.574 e. The van der Waals surface area contributed by atoms with Crippen LogP contribution in [-0.2, 0) is 16.0 Å². The van der Waals surface area contributed by atoms with Gasteiger partial charge < -0.3 is 9.47 Å². The summed E-state index contributed by atoms with van der Waals surface area (Å²) in [6.07, 6.45) is -9.52. The molecule has 0 spiro atoms. The molecular formula is C11H9F5N2O5. The minimum absolute atomic E-state index is 0.0955. The van der Waals surface area contributed by atoms with E-state index in [-0.39, 0.29) is 12.7 Å². The summed E-state index contributed by atoms with van der Waals surface area (Å²) in [5.41, 5.74) is -3.26. The molecule has 0 radical (unpaired) electrons. The molecule has 0 unspecified atom stereocenters. The molecule has 0 aliphatic heterocycles. The molecule has 7 nitrogen and oxygen atoms in total. The smallest absolute Gasteiger partial charge is 0.466 e. The first-order valence-corrected chi connectivity index (χ1v) is 5.92. The number of rotatable bonds is 6. The van der Waals surface area contributed by atoms with Gasteiger partial charge in [-0.15, -0.1) is 13.2 Å². The lowest BCUT2D eigenvalue weighted by Crippen LogP contribution is -2.20. The fourth-order valence-electron chi connectivity index (χ4n) is 1.53. The summed E-state index contributed by atoms with van der Waals surface area (Å²) < 4.78 is 70.3. The van der Waals surface area contributed by atoms with Gasteiger partial charge >= 0.3 is 23.9 Å². The largest absolute Gasteiger partial charge is 0.574 e. The number of ether oxygens (including phenoxy) is 2. The maximum absolute atomic E-state index is 12.9. The van der Waals surface area contributed by atoms with E-state index in [0.29, 0.717) is 0 Å². The van der Waals surface area contributed by atoms with Crippen molar-refractivity contribution in [2.75, 3.05) is 6.61 Å². The average molecular weight is 344 g/mol. The maximum atomic E-state index is 12.9. The molecule has 1 rings (SSSR count). The first kappa shape index (κ1) is 18.5. The SMILES string of the molecule is CCOC(=O)Cc1nc(OC(F)(F)F)c([N+](=O)[O-])cc1C(F)F. The van der Waals surface area contributed by atoms with Crippen LogP contribution in [0.25, 0.3) is 0 Å². The van der Waals surface area contributed by atoms with Crippen molar-refractivity contribution in [3.05, 3.63) is 27.4 Å². The number of esters is 1. The van der Waals surface area contributed by atoms with E-state index < -0.39 is 52.9 Å². The zero-order chi connectivity index (χ0) is 17.8. The highest BCUT2D eigenvalue weighted by molar-refractivity contribution is 5.72. The summed E-state index contributed by atoms with van der Waals surface area (Å²) in [5, 5.41) is 10.7. The molecule has 1 heterocycles. The predicted molar refractivity (Wildman–Crippen MR) is 62.9 cm³/mol. The molecule has 1 aromatic rings. The molecular weight excluding hydrogens is 335 g/mol. The highest BCUT2D eigenvalue weighted by atomic mass is 19.4. The Labute approximate surface area is 125 Å². The van der Waals surface area contributed by atoms with Gasteiger partial charge in [0.05, 0.1) is 23.6 Å². The summed E-state index contributed by atoms with van der Waals surface area (Å²) in [4.78, 5) is 23.7. The number of nitro groups is 1. The zero-order valence-corrected chi connectivity index (χ0v) is 11.4. The number of hydrogen-bond acceptors (Lipinski definition) is 6. The van der Waals surface area contributed by atoms with Crippen LogP contribution in [0.2, 0.25) is 0 Å². The topological polar surface area (TPSA) is 91.6 Å². The van der Waals surface area contributed by atoms with Gasteiger partial charge in [0.15, 0.2) is 0 Å². The van der Waals surface area contributed by atoms with Crippen molar-refractivity contribution < 1.29 is 41.1 Å². The second-order valence-corrected chi connectivity index (χ2v) is 3.94. The van der Waals surface area contributed by atoms with E-state index in [4.69, 9.17) is 0 Å². The molecule has 0 saturated carbocycles. The Bertz CT molecular complexity index is 605. The van der Waals surface area contributed by atoms with Crippen molar-refractivity contribution in [3.8, 4) is 5.88 Å². The minimum Gasteiger partial charge on any atom is -0.466 e. The van der Waals surface area contributed by atoms with E-state index >= 15 is 0 Å². The molecule has 0 bridgehead atoms. The standard InChI is InChI=1S/C11H9F5N2O5/c1-2-22-8(19)4-6-5(9(12)13)3-7(18(20)21)10(17-6)23-11(14,15)16/h3,9H,2,4H2,1H3. The second-order valence-electron chi connectivity index (χ2n) is 3.94. The Balaban J connectivity index is 3.39. The molecule has 0 atom stereocenters. The minimum atomic E-state index is -5.33. The highest BCUT2D eigenvalue weighted by Crippen LogP contribution is 2.35. The van der Waals surface area contributed by atoms with Crippen molar-refractivity contribution >= 4 is 11.7 Å². The van der Waals surface area contributed by atoms with E-state index in [1.807, 2.05) is 0 Å². The van der Waals surface area contributed by atoms with Crippen LogP contribution < -0.4 is 4.74 Å². The van der Waals surface area contributed by atoms with E-state index in [2.05, 4.69) is 14.5 Å². The lowest BCUT2D eigenvalue weighted by Gasteiger charge is -2.12. The molecule has 23 heavy (non-hydrogen) atoms. The molecule has 0 saturated heterocycles. The number of hydrogen-bond donors (Lipinski definition) is 0. The van der Waals surface area contributed by atoms with Crippen LogP contribution in [0.1, 0.15) is 24.6 Å². The number of nitrogens with zero attached hydrogens (tertiary/aromatic N) is 2. The third-order valence-electron chi connectivity index (χ3n) is 2.34. The number of carbonyl (C=O) groups is 1. The van der Waals surface area contributed by atoms with Gasteiger partial charge in [0, 0.05) is 11.6 Å². The van der Waals surface area contributed by atoms with Crippen LogP contribution >= 0.6 is 0 Å². The fraction of sp³-hybridized carbons (Fsp3) is 0.455. The zero-order valence-electron chi connectivity index (χ0n) is 11.4. The summed E-state index contributed by atoms with van der Waals surface area (Å²) in [7, 11) is 0. The fourth-order valence-corrected chi connectivity index (χ4v) is 1.53. The Morgan fingerprint density at radius 3 is 2.48 bits per heavy atom. The lowest BCUT2D eigenvalue weighted by atomic mass is 10.1. The number of aromatic nitrogens is 1. The van der Waals surface area contributed by atoms with Crippen molar-refractivity contribution in [1.29, 1.82) is 0 Å². The highest BCUT2D eigenvalue weighted by Gasteiger charge is 2.37. The quantitative estimate of drug-likeness (QED) is 0.341. The van der Waals surface area contributed by atoms with Crippen molar-refractivity contribution in [2.45, 2.75) is 26.1 Å². The molecule has 128 valence electrons. The average Bonchev–Trinajstić information content (AvgIpc) is 2.36. The van der Waals surface area contributed by atoms with E-state index in [1.165, 1.54) is 6.92 Å². The van der Waals surface area contributed by atoms with Crippen molar-refractivity contribution in [3.63, 3.8) is 0 Å². The second kappa shape index (κ2) is 7.15. The number of halogens is 5. The predicted octanol–water partition coefficient (Wildman–Crippen LogP) is 2.93. The van der Waals surface area contributed by atoms with Gasteiger partial charge in [-0.05, 0) is 6.92 Å². The van der Waals surface area contributed by atoms with E-state index in [1.54, 1.807) is 0 Å². The molecule has 0 fully saturated rings. The number of pyridine rings is 1. The van der Waals surface area contributed by atoms with Crippen LogP contribution in [0.5, 0.6) is 5.88 Å². The summed E-state index contributed by atoms with van der Waals surface area (Å²) in [6.45, 7) is 1.33. The Morgan fingerprint density at radius 1 is 1.43 bits per heavy atom. The summed E-state index contributed by atoms with van der Waals surface area (Å²) in [5.74, 6) is -2.57. The van der Waals surface area contributed by atoms with Gasteiger partial charge in [-0.3, -0.25) is 14.9 Å². The lowest BCUT2D eigenvalue weighted by molar-refractivity contribution is -0.389. The molecule has 1 aromatic heterocycles. The molecule has 0 aromatic carbocycles. The first-order valence-electron chi connectivity index (χ1n) is 5.92. The first-order chi connectivity index (χ1) is 10.5. The molecule has 0 amide bonds. The third-order valence-corrected chi connectivity index (χ3v) is 2.34. The van der Waals surface area contributed by atoms with Gasteiger partial charge in [-0.2, -0.15) is 0 Å². The molecule has 12 heteroatoms. The van der Waals surface area contributed by atoms with Crippen LogP contribution in [0.4, 0.5) is 27.6 Å². The monoisotopic (exact) mass is 344 g/mol. The van der Waals surface area contributed by atoms with Gasteiger partial charge in [0.2, 0.25) is 0 Å². The number of carbonyl (C=O) groups excluding carboxylic acids is 1. The van der Waals surface area contributed by atoms with Crippen LogP contribution in [0, 0.1) is 10.1 Å². The van der Waals surface area contributed by atoms with Gasteiger partial charge in [0.1, 0.15) is 0 Å². The summed E-state index contributed by atoms with van der Waals surface area (Å²) >= 11 is 0. The van der Waals surface area contributed by atoms with Crippen LogP contribution in [0.3, 0.4) is 0 Å². The summed E-state index contributed by atoms with van der Waals surface area (Å²) in [6, 6.07) is 0.188. The Kier molecular flexibility index (Phi) is 5.76. The Hall–Kier alpha value is -2.53. The van der Waals surface area contributed by atoms with Crippen molar-refractivity contribution in [1.82, 2.24) is 4.98 Å². The molecule has 0 N–H and O–H groups in total.